The number of benzene rings is 1. The topological polar surface area (TPSA) is 118 Å². The first-order valence-electron chi connectivity index (χ1n) is 6.94. The molecule has 1 amide bonds. The van der Waals surface area contributed by atoms with Gasteiger partial charge in [0.1, 0.15) is 23.8 Å². The van der Waals surface area contributed by atoms with Gasteiger partial charge in [0, 0.05) is 6.07 Å². The monoisotopic (exact) mass is 412 g/mol. The van der Waals surface area contributed by atoms with Gasteiger partial charge in [-0.25, -0.2) is 18.6 Å². The minimum absolute atomic E-state index is 0.0453. The molecule has 0 saturated carbocycles. The highest BCUT2D eigenvalue weighted by Crippen LogP contribution is 2.29. The van der Waals surface area contributed by atoms with E-state index in [4.69, 9.17) is 10.8 Å². The highest BCUT2D eigenvalue weighted by atomic mass is 79.9. The average Bonchev–Trinajstić information content (AvgIpc) is 2.97. The van der Waals surface area contributed by atoms with E-state index < -0.39 is 23.8 Å². The van der Waals surface area contributed by atoms with Gasteiger partial charge in [0.25, 0.3) is 5.78 Å². The third-order valence-corrected chi connectivity index (χ3v) is 4.23. The van der Waals surface area contributed by atoms with E-state index >= 15 is 0 Å². The maximum atomic E-state index is 13.4. The summed E-state index contributed by atoms with van der Waals surface area (Å²) in [6, 6.07) is 2.05. The van der Waals surface area contributed by atoms with Crippen LogP contribution in [0.3, 0.4) is 0 Å². The molecule has 3 aromatic rings. The highest BCUT2D eigenvalue weighted by molar-refractivity contribution is 9.10. The lowest BCUT2D eigenvalue weighted by atomic mass is 10.0. The van der Waals surface area contributed by atoms with Crippen LogP contribution in [0.4, 0.5) is 19.4 Å². The van der Waals surface area contributed by atoms with Gasteiger partial charge in [-0.1, -0.05) is 0 Å². The minimum atomic E-state index is -1.32. The van der Waals surface area contributed by atoms with Crippen LogP contribution in [-0.2, 0) is 6.42 Å². The van der Waals surface area contributed by atoms with Gasteiger partial charge in [0.05, 0.1) is 16.2 Å². The number of halogens is 3. The molecule has 0 aliphatic carbocycles. The second-order valence-electron chi connectivity index (χ2n) is 5.15. The number of nitrogen functional groups attached to an aromatic ring is 1. The zero-order valence-corrected chi connectivity index (χ0v) is 14.0. The lowest BCUT2D eigenvalue weighted by Gasteiger charge is -2.19. The zero-order valence-electron chi connectivity index (χ0n) is 12.4. The molecular weight excluding hydrogens is 402 g/mol. The van der Waals surface area contributed by atoms with Crippen LogP contribution in [0.25, 0.3) is 5.78 Å². The molecule has 0 radical (unpaired) electrons. The first kappa shape index (κ1) is 17.0. The SMILES string of the molecule is Nc1c(Br)c([C@H](Cc2cc(F)cc(F)c2)NC(=O)O)nc2ncnn12. The Kier molecular flexibility index (Phi) is 4.49. The first-order chi connectivity index (χ1) is 11.8. The third kappa shape index (κ3) is 3.50. The number of fused-ring (bicyclic) bond motifs is 1. The number of carbonyl (C=O) groups is 1. The Morgan fingerprint density at radius 3 is 2.68 bits per heavy atom. The normalized spacial score (nSPS) is 12.3. The minimum Gasteiger partial charge on any atom is -0.465 e. The van der Waals surface area contributed by atoms with Crippen molar-refractivity contribution in [3.8, 4) is 0 Å². The molecule has 4 N–H and O–H groups in total. The predicted molar refractivity (Wildman–Crippen MR) is 86.9 cm³/mol. The summed E-state index contributed by atoms with van der Waals surface area (Å²) in [4.78, 5) is 19.3. The number of anilines is 1. The third-order valence-electron chi connectivity index (χ3n) is 3.42. The molecule has 1 aromatic carbocycles. The van der Waals surface area contributed by atoms with E-state index in [0.29, 0.717) is 4.47 Å². The largest absolute Gasteiger partial charge is 0.465 e. The number of nitrogens with one attached hydrogen (secondary N) is 1. The summed E-state index contributed by atoms with van der Waals surface area (Å²) < 4.78 is 28.4. The van der Waals surface area contributed by atoms with Gasteiger partial charge < -0.3 is 16.2 Å². The number of hydrogen-bond donors (Lipinski definition) is 3. The number of aromatic nitrogens is 4. The molecule has 2 heterocycles. The molecule has 0 aliphatic rings. The first-order valence-corrected chi connectivity index (χ1v) is 7.73. The van der Waals surface area contributed by atoms with Gasteiger partial charge in [-0.05, 0) is 40.0 Å². The van der Waals surface area contributed by atoms with Crippen LogP contribution < -0.4 is 11.1 Å². The van der Waals surface area contributed by atoms with E-state index in [2.05, 4.69) is 36.3 Å². The van der Waals surface area contributed by atoms with Crippen LogP contribution in [0, 0.1) is 11.6 Å². The molecular formula is C14H11BrF2N6O2. The molecule has 0 saturated heterocycles. The predicted octanol–water partition coefficient (Wildman–Crippen LogP) is 2.30. The Labute approximate surface area is 147 Å². The summed E-state index contributed by atoms with van der Waals surface area (Å²) in [6.07, 6.45) is -0.122. The Morgan fingerprint density at radius 2 is 2.04 bits per heavy atom. The van der Waals surface area contributed by atoms with Crippen LogP contribution in [0.15, 0.2) is 29.0 Å². The molecule has 2 aromatic heterocycles. The van der Waals surface area contributed by atoms with Crippen molar-refractivity contribution in [3.05, 3.63) is 51.9 Å². The Morgan fingerprint density at radius 1 is 1.36 bits per heavy atom. The summed E-state index contributed by atoms with van der Waals surface area (Å²) in [5.74, 6) is -1.19. The average molecular weight is 413 g/mol. The molecule has 1 atom stereocenters. The Bertz CT molecular complexity index is 944. The second-order valence-corrected chi connectivity index (χ2v) is 5.95. The van der Waals surface area contributed by atoms with Crippen molar-refractivity contribution in [2.75, 3.05) is 5.73 Å². The molecule has 0 aliphatic heterocycles. The van der Waals surface area contributed by atoms with Crippen LogP contribution >= 0.6 is 15.9 Å². The van der Waals surface area contributed by atoms with E-state index in [1.165, 1.54) is 10.8 Å². The van der Waals surface area contributed by atoms with E-state index in [-0.39, 0.29) is 29.3 Å². The van der Waals surface area contributed by atoms with Crippen LogP contribution in [-0.4, -0.2) is 30.8 Å². The molecule has 8 nitrogen and oxygen atoms in total. The maximum absolute atomic E-state index is 13.4. The number of nitrogens with two attached hydrogens (primary N) is 1. The van der Waals surface area contributed by atoms with Gasteiger partial charge in [0.15, 0.2) is 0 Å². The summed E-state index contributed by atoms with van der Waals surface area (Å²) >= 11 is 3.26. The van der Waals surface area contributed by atoms with E-state index in [9.17, 15) is 13.6 Å². The van der Waals surface area contributed by atoms with Gasteiger partial charge >= 0.3 is 6.09 Å². The molecule has 130 valence electrons. The molecule has 0 bridgehead atoms. The summed E-state index contributed by atoms with van der Waals surface area (Å²) in [7, 11) is 0. The molecule has 3 rings (SSSR count). The van der Waals surface area contributed by atoms with Gasteiger partial charge in [0.2, 0.25) is 0 Å². The summed E-state index contributed by atoms with van der Waals surface area (Å²) in [6.45, 7) is 0. The maximum Gasteiger partial charge on any atom is 0.405 e. The molecule has 25 heavy (non-hydrogen) atoms. The van der Waals surface area contributed by atoms with Crippen LogP contribution in [0.1, 0.15) is 17.3 Å². The van der Waals surface area contributed by atoms with Gasteiger partial charge in [-0.2, -0.15) is 14.6 Å². The molecule has 0 spiro atoms. The fraction of sp³-hybridized carbons (Fsp3) is 0.143. The van der Waals surface area contributed by atoms with Crippen molar-refractivity contribution in [3.63, 3.8) is 0 Å². The fourth-order valence-corrected chi connectivity index (χ4v) is 2.96. The number of amides is 1. The number of nitrogens with zero attached hydrogens (tertiary/aromatic N) is 4. The quantitative estimate of drug-likeness (QED) is 0.604. The van der Waals surface area contributed by atoms with Gasteiger partial charge in [-0.3, -0.25) is 0 Å². The van der Waals surface area contributed by atoms with Crippen molar-refractivity contribution in [2.24, 2.45) is 0 Å². The molecule has 0 unspecified atom stereocenters. The number of carboxylic acid groups (broad SMARTS) is 1. The van der Waals surface area contributed by atoms with Crippen LogP contribution in [0.2, 0.25) is 0 Å². The van der Waals surface area contributed by atoms with Crippen LogP contribution in [0.5, 0.6) is 0 Å². The fourth-order valence-electron chi connectivity index (χ4n) is 2.42. The Balaban J connectivity index is 2.06. The molecule has 11 heteroatoms. The lowest BCUT2D eigenvalue weighted by molar-refractivity contribution is 0.189. The number of rotatable bonds is 4. The smallest absolute Gasteiger partial charge is 0.405 e. The van der Waals surface area contributed by atoms with Crippen molar-refractivity contribution in [1.29, 1.82) is 0 Å². The number of hydrogen-bond acceptors (Lipinski definition) is 5. The molecule has 0 fully saturated rings. The lowest BCUT2D eigenvalue weighted by Crippen LogP contribution is -2.30. The van der Waals surface area contributed by atoms with Crippen molar-refractivity contribution in [1.82, 2.24) is 24.9 Å². The van der Waals surface area contributed by atoms with E-state index in [1.54, 1.807) is 0 Å². The zero-order chi connectivity index (χ0) is 18.1. The second kappa shape index (κ2) is 6.59. The van der Waals surface area contributed by atoms with Crippen molar-refractivity contribution >= 4 is 33.6 Å². The summed E-state index contributed by atoms with van der Waals surface area (Å²) in [5, 5.41) is 15.3. The summed E-state index contributed by atoms with van der Waals surface area (Å²) in [5.41, 5.74) is 6.43. The van der Waals surface area contributed by atoms with E-state index in [0.717, 1.165) is 18.2 Å². The standard InChI is InChI=1S/C14H11BrF2N6O2/c15-10-11(22-13-19-5-20-23(13)12(10)18)9(21-14(24)25)3-6-1-7(16)4-8(17)2-6/h1-2,4-5,9,21H,3,18H2,(H,24,25)/t9-/m0/s1. The van der Waals surface area contributed by atoms with Crippen molar-refractivity contribution in [2.45, 2.75) is 12.5 Å². The Hall–Kier alpha value is -2.82. The van der Waals surface area contributed by atoms with Crippen molar-refractivity contribution < 1.29 is 18.7 Å². The van der Waals surface area contributed by atoms with E-state index in [1.807, 2.05) is 0 Å². The highest BCUT2D eigenvalue weighted by Gasteiger charge is 2.23. The van der Waals surface area contributed by atoms with Gasteiger partial charge in [-0.15, -0.1) is 0 Å².